The quantitative estimate of drug-likeness (QED) is 0.738. The van der Waals surface area contributed by atoms with E-state index in [2.05, 4.69) is 79.1 Å². The number of benzene rings is 1. The van der Waals surface area contributed by atoms with Gasteiger partial charge in [0.25, 0.3) is 0 Å². The van der Waals surface area contributed by atoms with E-state index in [1.54, 1.807) is 0 Å². The molecule has 1 aromatic carbocycles. The van der Waals surface area contributed by atoms with Crippen molar-refractivity contribution in [1.82, 2.24) is 5.32 Å². The van der Waals surface area contributed by atoms with Crippen LogP contribution in [0.2, 0.25) is 0 Å². The van der Waals surface area contributed by atoms with Crippen LogP contribution in [0.1, 0.15) is 46.1 Å². The summed E-state index contributed by atoms with van der Waals surface area (Å²) in [6, 6.07) is 6.65. The highest BCUT2D eigenvalue weighted by Crippen LogP contribution is 2.32. The third kappa shape index (κ3) is 4.50. The predicted molar refractivity (Wildman–Crippen MR) is 88.9 cm³/mol. The molecule has 0 heterocycles. The van der Waals surface area contributed by atoms with Crippen LogP contribution in [-0.2, 0) is 6.54 Å². The maximum absolute atomic E-state index is 3.71. The van der Waals surface area contributed by atoms with E-state index < -0.39 is 0 Å². The van der Waals surface area contributed by atoms with Gasteiger partial charge in [-0.3, -0.25) is 0 Å². The monoisotopic (exact) mass is 326 g/mol. The Hall–Kier alpha value is -0.540. The maximum atomic E-state index is 3.71. The van der Waals surface area contributed by atoms with Crippen molar-refractivity contribution in [2.24, 2.45) is 0 Å². The Bertz CT molecular complexity index is 402. The van der Waals surface area contributed by atoms with Gasteiger partial charge in [0, 0.05) is 23.6 Å². The number of nitrogens with one attached hydrogen (secondary N) is 1. The van der Waals surface area contributed by atoms with Crippen molar-refractivity contribution in [3.8, 4) is 0 Å². The van der Waals surface area contributed by atoms with Crippen molar-refractivity contribution in [1.29, 1.82) is 0 Å². The Morgan fingerprint density at radius 3 is 2.47 bits per heavy atom. The van der Waals surface area contributed by atoms with Crippen LogP contribution in [0.15, 0.2) is 22.7 Å². The molecule has 0 fully saturated rings. The molecule has 0 saturated carbocycles. The van der Waals surface area contributed by atoms with E-state index in [1.165, 1.54) is 22.1 Å². The first-order valence-corrected chi connectivity index (χ1v) is 7.94. The summed E-state index contributed by atoms with van der Waals surface area (Å²) in [6.07, 6.45) is 2.29. The number of nitrogens with zero attached hydrogens (tertiary/aromatic N) is 1. The number of hydrogen-bond acceptors (Lipinski definition) is 2. The van der Waals surface area contributed by atoms with Gasteiger partial charge in [0.15, 0.2) is 0 Å². The van der Waals surface area contributed by atoms with Gasteiger partial charge in [0.2, 0.25) is 0 Å². The van der Waals surface area contributed by atoms with Crippen molar-refractivity contribution < 1.29 is 0 Å². The Labute approximate surface area is 126 Å². The average Bonchev–Trinajstić information content (AvgIpc) is 2.38. The maximum Gasteiger partial charge on any atom is 0.0512 e. The molecule has 0 radical (unpaired) electrons. The molecule has 0 unspecified atom stereocenters. The number of hydrogen-bond donors (Lipinski definition) is 1. The van der Waals surface area contributed by atoms with Gasteiger partial charge in [-0.2, -0.15) is 0 Å². The fraction of sp³-hybridized carbons (Fsp3) is 0.625. The molecule has 0 amide bonds. The van der Waals surface area contributed by atoms with Crippen LogP contribution in [0.5, 0.6) is 0 Å². The summed E-state index contributed by atoms with van der Waals surface area (Å²) in [7, 11) is 2.17. The van der Waals surface area contributed by atoms with E-state index in [0.717, 1.165) is 19.5 Å². The molecular weight excluding hydrogens is 300 g/mol. The van der Waals surface area contributed by atoms with Gasteiger partial charge < -0.3 is 10.2 Å². The van der Waals surface area contributed by atoms with E-state index in [0.29, 0.717) is 0 Å². The molecule has 0 saturated heterocycles. The van der Waals surface area contributed by atoms with E-state index in [9.17, 15) is 0 Å². The zero-order valence-corrected chi connectivity index (χ0v) is 14.5. The number of halogens is 1. The van der Waals surface area contributed by atoms with Crippen molar-refractivity contribution in [3.05, 3.63) is 28.2 Å². The fourth-order valence-electron chi connectivity index (χ4n) is 1.91. The second kappa shape index (κ2) is 7.30. The summed E-state index contributed by atoms with van der Waals surface area (Å²) in [5.74, 6) is 0. The molecule has 2 nitrogen and oxygen atoms in total. The predicted octanol–water partition coefficient (Wildman–Crippen LogP) is 4.57. The minimum Gasteiger partial charge on any atom is -0.369 e. The Morgan fingerprint density at radius 2 is 1.95 bits per heavy atom. The first-order valence-electron chi connectivity index (χ1n) is 7.15. The summed E-state index contributed by atoms with van der Waals surface area (Å²) >= 11 is 3.71. The lowest BCUT2D eigenvalue weighted by molar-refractivity contribution is 0.470. The lowest BCUT2D eigenvalue weighted by Crippen LogP contribution is -2.40. The molecule has 0 spiro atoms. The van der Waals surface area contributed by atoms with Gasteiger partial charge in [-0.15, -0.1) is 0 Å². The largest absolute Gasteiger partial charge is 0.369 e. The summed E-state index contributed by atoms with van der Waals surface area (Å²) < 4.78 is 1.17. The molecular formula is C16H27BrN2. The highest BCUT2D eigenvalue weighted by Gasteiger charge is 2.22. The van der Waals surface area contributed by atoms with Gasteiger partial charge in [0.05, 0.1) is 5.69 Å². The standard InChI is InChI=1S/C16H27BrN2/c1-6-10-18-12-13-8-9-15(14(17)11-13)19(5)16(3,4)7-2/h8-9,11,18H,6-7,10,12H2,1-5H3. The molecule has 0 aliphatic carbocycles. The van der Waals surface area contributed by atoms with E-state index in [1.807, 2.05) is 0 Å². The molecule has 19 heavy (non-hydrogen) atoms. The number of anilines is 1. The third-order valence-corrected chi connectivity index (χ3v) is 4.54. The molecule has 1 aromatic rings. The molecule has 0 aromatic heterocycles. The van der Waals surface area contributed by atoms with Gasteiger partial charge in [-0.1, -0.05) is 19.9 Å². The summed E-state index contributed by atoms with van der Waals surface area (Å²) in [4.78, 5) is 2.35. The van der Waals surface area contributed by atoms with Gasteiger partial charge >= 0.3 is 0 Å². The van der Waals surface area contributed by atoms with Gasteiger partial charge in [-0.25, -0.2) is 0 Å². The van der Waals surface area contributed by atoms with Crippen LogP contribution in [0, 0.1) is 0 Å². The second-order valence-electron chi connectivity index (χ2n) is 5.69. The molecule has 1 N–H and O–H groups in total. The third-order valence-electron chi connectivity index (χ3n) is 3.90. The molecule has 0 bridgehead atoms. The first kappa shape index (κ1) is 16.5. The molecule has 1 rings (SSSR count). The minimum absolute atomic E-state index is 0.171. The smallest absolute Gasteiger partial charge is 0.0512 e. The highest BCUT2D eigenvalue weighted by atomic mass is 79.9. The lowest BCUT2D eigenvalue weighted by Gasteiger charge is -2.37. The van der Waals surface area contributed by atoms with Gasteiger partial charge in [0.1, 0.15) is 0 Å². The van der Waals surface area contributed by atoms with Crippen LogP contribution < -0.4 is 10.2 Å². The molecule has 0 aliphatic heterocycles. The Morgan fingerprint density at radius 1 is 1.26 bits per heavy atom. The van der Waals surface area contributed by atoms with Crippen LogP contribution >= 0.6 is 15.9 Å². The van der Waals surface area contributed by atoms with Crippen molar-refractivity contribution in [2.45, 2.75) is 52.6 Å². The van der Waals surface area contributed by atoms with E-state index in [-0.39, 0.29) is 5.54 Å². The minimum atomic E-state index is 0.171. The average molecular weight is 327 g/mol. The van der Waals surface area contributed by atoms with Crippen LogP contribution in [-0.4, -0.2) is 19.1 Å². The highest BCUT2D eigenvalue weighted by molar-refractivity contribution is 9.10. The summed E-state index contributed by atoms with van der Waals surface area (Å²) in [6.45, 7) is 11.0. The molecule has 0 aliphatic rings. The second-order valence-corrected chi connectivity index (χ2v) is 6.54. The van der Waals surface area contributed by atoms with Crippen molar-refractivity contribution in [3.63, 3.8) is 0 Å². The zero-order chi connectivity index (χ0) is 14.5. The first-order chi connectivity index (χ1) is 8.92. The fourth-order valence-corrected chi connectivity index (χ4v) is 2.60. The summed E-state index contributed by atoms with van der Waals surface area (Å²) in [5, 5.41) is 3.43. The van der Waals surface area contributed by atoms with Crippen LogP contribution in [0.4, 0.5) is 5.69 Å². The Balaban J connectivity index is 2.82. The van der Waals surface area contributed by atoms with Crippen LogP contribution in [0.25, 0.3) is 0 Å². The molecule has 108 valence electrons. The Kier molecular flexibility index (Phi) is 6.34. The zero-order valence-electron chi connectivity index (χ0n) is 12.9. The molecule has 0 atom stereocenters. The number of rotatable bonds is 7. The van der Waals surface area contributed by atoms with Crippen molar-refractivity contribution in [2.75, 3.05) is 18.5 Å². The lowest BCUT2D eigenvalue weighted by atomic mass is 9.99. The topological polar surface area (TPSA) is 15.3 Å². The van der Waals surface area contributed by atoms with E-state index in [4.69, 9.17) is 0 Å². The normalized spacial score (nSPS) is 11.7. The van der Waals surface area contributed by atoms with Crippen LogP contribution in [0.3, 0.4) is 0 Å². The van der Waals surface area contributed by atoms with E-state index >= 15 is 0 Å². The van der Waals surface area contributed by atoms with Crippen molar-refractivity contribution >= 4 is 21.6 Å². The summed E-state index contributed by atoms with van der Waals surface area (Å²) in [5.41, 5.74) is 2.75. The SMILES string of the molecule is CCCNCc1ccc(N(C)C(C)(C)CC)c(Br)c1. The molecule has 3 heteroatoms. The van der Waals surface area contributed by atoms with Gasteiger partial charge in [-0.05, 0) is 66.9 Å².